The van der Waals surface area contributed by atoms with Gasteiger partial charge in [0, 0.05) is 11.3 Å². The second-order valence-corrected chi connectivity index (χ2v) is 6.32. The summed E-state index contributed by atoms with van der Waals surface area (Å²) in [5, 5.41) is 0.459. The summed E-state index contributed by atoms with van der Waals surface area (Å²) in [6, 6.07) is 9.76. The fourth-order valence-electron chi connectivity index (χ4n) is 1.77. The molecule has 0 heterocycles. The molecule has 0 fully saturated rings. The van der Waals surface area contributed by atoms with Gasteiger partial charge in [0.15, 0.2) is 0 Å². The Morgan fingerprint density at radius 1 is 1.10 bits per heavy atom. The van der Waals surface area contributed by atoms with Crippen LogP contribution in [0.4, 0.5) is 10.5 Å². The lowest BCUT2D eigenvalue weighted by molar-refractivity contribution is 0.253. The van der Waals surface area contributed by atoms with E-state index in [2.05, 4.69) is 0 Å². The minimum Gasteiger partial charge on any atom is -0.399 e. The van der Waals surface area contributed by atoms with E-state index in [1.807, 2.05) is 0 Å². The molecule has 0 aliphatic carbocycles. The Bertz CT molecular complexity index is 789. The van der Waals surface area contributed by atoms with Crippen molar-refractivity contribution in [2.24, 2.45) is 5.73 Å². The molecule has 0 unspecified atom stereocenters. The molecule has 110 valence electrons. The fraction of sp³-hybridized carbons (Fsp3) is 0. The third-order valence-corrected chi connectivity index (χ3v) is 4.38. The normalized spacial score (nSPS) is 11.1. The molecule has 2 aromatic rings. The van der Waals surface area contributed by atoms with E-state index in [0.29, 0.717) is 10.7 Å². The summed E-state index contributed by atoms with van der Waals surface area (Å²) in [6.45, 7) is 0. The SMILES string of the molecule is NC(=O)NS(=O)(=O)c1ccc(-c2ccc(N)cc2Cl)cc1. The van der Waals surface area contributed by atoms with Crippen LogP contribution in [-0.2, 0) is 10.0 Å². The molecule has 6 nitrogen and oxygen atoms in total. The van der Waals surface area contributed by atoms with Gasteiger partial charge in [0.25, 0.3) is 10.0 Å². The topological polar surface area (TPSA) is 115 Å². The van der Waals surface area contributed by atoms with Gasteiger partial charge >= 0.3 is 6.03 Å². The summed E-state index contributed by atoms with van der Waals surface area (Å²) in [5.41, 5.74) is 12.4. The number of rotatable bonds is 3. The number of sulfonamides is 1. The highest BCUT2D eigenvalue weighted by Gasteiger charge is 2.16. The number of carbonyl (C=O) groups is 1. The number of hydrogen-bond donors (Lipinski definition) is 3. The number of nitrogens with two attached hydrogens (primary N) is 2. The van der Waals surface area contributed by atoms with Crippen molar-refractivity contribution in [1.82, 2.24) is 4.72 Å². The zero-order valence-corrected chi connectivity index (χ0v) is 12.3. The summed E-state index contributed by atoms with van der Waals surface area (Å²) in [5.74, 6) is 0. The van der Waals surface area contributed by atoms with E-state index < -0.39 is 16.1 Å². The van der Waals surface area contributed by atoms with Gasteiger partial charge in [-0.05, 0) is 29.8 Å². The van der Waals surface area contributed by atoms with Crippen LogP contribution in [0.3, 0.4) is 0 Å². The molecule has 0 saturated carbocycles. The van der Waals surface area contributed by atoms with Crippen LogP contribution < -0.4 is 16.2 Å². The van der Waals surface area contributed by atoms with E-state index in [0.717, 1.165) is 11.1 Å². The summed E-state index contributed by atoms with van der Waals surface area (Å²) in [7, 11) is -3.95. The zero-order valence-electron chi connectivity index (χ0n) is 10.7. The molecule has 21 heavy (non-hydrogen) atoms. The van der Waals surface area contributed by atoms with Gasteiger partial charge in [0.1, 0.15) is 0 Å². The molecule has 8 heteroatoms. The Labute approximate surface area is 126 Å². The van der Waals surface area contributed by atoms with Crippen molar-refractivity contribution in [2.45, 2.75) is 4.90 Å². The third-order valence-electron chi connectivity index (χ3n) is 2.70. The molecule has 0 bridgehead atoms. The van der Waals surface area contributed by atoms with Crippen LogP contribution in [0, 0.1) is 0 Å². The Morgan fingerprint density at radius 3 is 2.24 bits per heavy atom. The Hall–Kier alpha value is -2.25. The molecule has 0 aliphatic rings. The van der Waals surface area contributed by atoms with Crippen molar-refractivity contribution in [3.8, 4) is 11.1 Å². The number of nitrogens with one attached hydrogen (secondary N) is 1. The van der Waals surface area contributed by atoms with Gasteiger partial charge in [-0.15, -0.1) is 0 Å². The lowest BCUT2D eigenvalue weighted by Crippen LogP contribution is -2.34. The van der Waals surface area contributed by atoms with E-state index in [1.165, 1.54) is 12.1 Å². The van der Waals surface area contributed by atoms with Crippen molar-refractivity contribution in [1.29, 1.82) is 0 Å². The zero-order chi connectivity index (χ0) is 15.6. The molecule has 0 saturated heterocycles. The van der Waals surface area contributed by atoms with Crippen LogP contribution in [0.5, 0.6) is 0 Å². The second kappa shape index (κ2) is 5.63. The standard InChI is InChI=1S/C13H12ClN3O3S/c14-12-7-9(15)3-6-11(12)8-1-4-10(5-2-8)21(19,20)17-13(16)18/h1-7H,15H2,(H3,16,17,18). The second-order valence-electron chi connectivity index (χ2n) is 4.23. The van der Waals surface area contributed by atoms with Crippen LogP contribution in [0.2, 0.25) is 5.02 Å². The number of benzene rings is 2. The molecule has 2 amide bonds. The monoisotopic (exact) mass is 325 g/mol. The maximum absolute atomic E-state index is 11.7. The molecule has 0 aromatic heterocycles. The Balaban J connectivity index is 2.37. The number of urea groups is 1. The molecule has 2 rings (SSSR count). The first kappa shape index (κ1) is 15.1. The van der Waals surface area contributed by atoms with Crippen LogP contribution in [0.1, 0.15) is 0 Å². The van der Waals surface area contributed by atoms with Gasteiger partial charge in [-0.3, -0.25) is 0 Å². The van der Waals surface area contributed by atoms with Crippen LogP contribution in [0.25, 0.3) is 11.1 Å². The van der Waals surface area contributed by atoms with E-state index in [4.69, 9.17) is 23.1 Å². The largest absolute Gasteiger partial charge is 0.399 e. The maximum atomic E-state index is 11.7. The number of amides is 2. The number of primary amides is 1. The predicted octanol–water partition coefficient (Wildman–Crippen LogP) is 1.95. The molecule has 0 aliphatic heterocycles. The van der Waals surface area contributed by atoms with Crippen molar-refractivity contribution < 1.29 is 13.2 Å². The van der Waals surface area contributed by atoms with Crippen LogP contribution >= 0.6 is 11.6 Å². The van der Waals surface area contributed by atoms with Gasteiger partial charge in [0.2, 0.25) is 0 Å². The van der Waals surface area contributed by atoms with Crippen LogP contribution in [-0.4, -0.2) is 14.4 Å². The highest BCUT2D eigenvalue weighted by atomic mass is 35.5. The summed E-state index contributed by atoms with van der Waals surface area (Å²) in [6.07, 6.45) is 0. The smallest absolute Gasteiger partial charge is 0.326 e. The minimum atomic E-state index is -3.95. The lowest BCUT2D eigenvalue weighted by Gasteiger charge is -2.08. The number of anilines is 1. The molecular weight excluding hydrogens is 314 g/mol. The first-order valence-electron chi connectivity index (χ1n) is 5.77. The summed E-state index contributed by atoms with van der Waals surface area (Å²) >= 11 is 6.09. The number of hydrogen-bond acceptors (Lipinski definition) is 4. The van der Waals surface area contributed by atoms with Crippen molar-refractivity contribution >= 4 is 33.3 Å². The molecular formula is C13H12ClN3O3S. The van der Waals surface area contributed by atoms with Crippen molar-refractivity contribution in [3.63, 3.8) is 0 Å². The first-order valence-corrected chi connectivity index (χ1v) is 7.63. The lowest BCUT2D eigenvalue weighted by atomic mass is 10.1. The minimum absolute atomic E-state index is 0.0726. The van der Waals surface area contributed by atoms with E-state index >= 15 is 0 Å². The van der Waals surface area contributed by atoms with E-state index in [-0.39, 0.29) is 4.90 Å². The number of nitrogen functional groups attached to an aromatic ring is 1. The average molecular weight is 326 g/mol. The molecule has 0 radical (unpaired) electrons. The van der Waals surface area contributed by atoms with Gasteiger partial charge in [0.05, 0.1) is 9.92 Å². The summed E-state index contributed by atoms with van der Waals surface area (Å²) < 4.78 is 25.2. The van der Waals surface area contributed by atoms with Crippen molar-refractivity contribution in [2.75, 3.05) is 5.73 Å². The highest BCUT2D eigenvalue weighted by molar-refractivity contribution is 7.90. The van der Waals surface area contributed by atoms with Crippen LogP contribution in [0.15, 0.2) is 47.4 Å². The van der Waals surface area contributed by atoms with Gasteiger partial charge in [-0.1, -0.05) is 29.8 Å². The predicted molar refractivity (Wildman–Crippen MR) is 81.2 cm³/mol. The van der Waals surface area contributed by atoms with E-state index in [1.54, 1.807) is 35.1 Å². The van der Waals surface area contributed by atoms with E-state index in [9.17, 15) is 13.2 Å². The first-order chi connectivity index (χ1) is 9.79. The Morgan fingerprint density at radius 2 is 1.71 bits per heavy atom. The van der Waals surface area contributed by atoms with Crippen molar-refractivity contribution in [3.05, 3.63) is 47.5 Å². The highest BCUT2D eigenvalue weighted by Crippen LogP contribution is 2.30. The molecule has 0 spiro atoms. The van der Waals surface area contributed by atoms with Gasteiger partial charge < -0.3 is 11.5 Å². The quantitative estimate of drug-likeness (QED) is 0.748. The summed E-state index contributed by atoms with van der Waals surface area (Å²) in [4.78, 5) is 10.6. The molecule has 5 N–H and O–H groups in total. The average Bonchev–Trinajstić information content (AvgIpc) is 2.37. The third kappa shape index (κ3) is 3.45. The van der Waals surface area contributed by atoms with Gasteiger partial charge in [-0.25, -0.2) is 17.9 Å². The molecule has 2 aromatic carbocycles. The molecule has 0 atom stereocenters. The fourth-order valence-corrected chi connectivity index (χ4v) is 2.95. The number of halogens is 1. The number of carbonyl (C=O) groups excluding carboxylic acids is 1. The van der Waals surface area contributed by atoms with Gasteiger partial charge in [-0.2, -0.15) is 0 Å². The maximum Gasteiger partial charge on any atom is 0.326 e. The Kier molecular flexibility index (Phi) is 4.06.